The summed E-state index contributed by atoms with van der Waals surface area (Å²) in [5.41, 5.74) is 0.621. The Bertz CT molecular complexity index is 562. The molecule has 1 heterocycles. The minimum absolute atomic E-state index is 0.0583. The number of amides is 2. The zero-order valence-corrected chi connectivity index (χ0v) is 13.0. The summed E-state index contributed by atoms with van der Waals surface area (Å²) >= 11 is 0. The van der Waals surface area contributed by atoms with E-state index in [1.165, 1.54) is 0 Å². The number of rotatable bonds is 5. The fourth-order valence-electron chi connectivity index (χ4n) is 2.32. The summed E-state index contributed by atoms with van der Waals surface area (Å²) in [5.74, 6) is 0.922. The standard InChI is InChI=1S/C15H21N3O4/c1-10(18-7-6-16-14(19)9-18)15(20)17-11-4-5-12(21-2)13(8-11)22-3/h4-5,8,10H,6-7,9H2,1-3H3,(H,16,19)(H,17,20). The molecule has 1 aromatic carbocycles. The predicted molar refractivity (Wildman–Crippen MR) is 82.2 cm³/mol. The molecule has 2 amide bonds. The number of anilines is 1. The number of benzene rings is 1. The number of piperazine rings is 1. The molecule has 0 aromatic heterocycles. The molecule has 0 spiro atoms. The number of nitrogens with one attached hydrogen (secondary N) is 2. The van der Waals surface area contributed by atoms with Crippen LogP contribution >= 0.6 is 0 Å². The Hall–Kier alpha value is -2.28. The average Bonchev–Trinajstić information content (AvgIpc) is 2.53. The van der Waals surface area contributed by atoms with Crippen molar-refractivity contribution in [3.05, 3.63) is 18.2 Å². The molecule has 7 nitrogen and oxygen atoms in total. The average molecular weight is 307 g/mol. The SMILES string of the molecule is COc1ccc(NC(=O)C(C)N2CCNC(=O)C2)cc1OC. The summed E-state index contributed by atoms with van der Waals surface area (Å²) in [4.78, 5) is 25.6. The number of nitrogens with zero attached hydrogens (tertiary/aromatic N) is 1. The van der Waals surface area contributed by atoms with E-state index in [2.05, 4.69) is 10.6 Å². The van der Waals surface area contributed by atoms with Crippen molar-refractivity contribution in [1.29, 1.82) is 0 Å². The monoisotopic (exact) mass is 307 g/mol. The quantitative estimate of drug-likeness (QED) is 0.826. The van der Waals surface area contributed by atoms with Gasteiger partial charge in [0.2, 0.25) is 11.8 Å². The summed E-state index contributed by atoms with van der Waals surface area (Å²) in [5, 5.41) is 5.57. The molecule has 22 heavy (non-hydrogen) atoms. The first-order valence-electron chi connectivity index (χ1n) is 7.08. The largest absolute Gasteiger partial charge is 0.493 e. The molecule has 1 atom stereocenters. The van der Waals surface area contributed by atoms with Gasteiger partial charge in [-0.15, -0.1) is 0 Å². The zero-order valence-electron chi connectivity index (χ0n) is 13.0. The van der Waals surface area contributed by atoms with Crippen LogP contribution < -0.4 is 20.1 Å². The molecule has 0 saturated carbocycles. The van der Waals surface area contributed by atoms with Gasteiger partial charge in [-0.05, 0) is 19.1 Å². The molecule has 2 N–H and O–H groups in total. The van der Waals surface area contributed by atoms with Crippen molar-refractivity contribution in [3.63, 3.8) is 0 Å². The van der Waals surface area contributed by atoms with Crippen molar-refractivity contribution < 1.29 is 19.1 Å². The summed E-state index contributed by atoms with van der Waals surface area (Å²) in [6, 6.07) is 4.79. The smallest absolute Gasteiger partial charge is 0.241 e. The first-order chi connectivity index (χ1) is 10.5. The molecule has 1 saturated heterocycles. The van der Waals surface area contributed by atoms with Crippen LogP contribution in [0.5, 0.6) is 11.5 Å². The molecule has 1 fully saturated rings. The van der Waals surface area contributed by atoms with E-state index in [0.717, 1.165) is 0 Å². The minimum atomic E-state index is -0.390. The third kappa shape index (κ3) is 3.67. The molecule has 1 aliphatic rings. The fraction of sp³-hybridized carbons (Fsp3) is 0.467. The lowest BCUT2D eigenvalue weighted by atomic mass is 10.2. The lowest BCUT2D eigenvalue weighted by Crippen LogP contribution is -2.53. The Kier molecular flexibility index (Phi) is 5.21. The molecule has 0 aliphatic carbocycles. The van der Waals surface area contributed by atoms with E-state index >= 15 is 0 Å². The first kappa shape index (κ1) is 16.1. The van der Waals surface area contributed by atoms with Crippen LogP contribution in [0.3, 0.4) is 0 Å². The molecule has 120 valence electrons. The lowest BCUT2D eigenvalue weighted by molar-refractivity contribution is -0.127. The van der Waals surface area contributed by atoms with Crippen molar-refractivity contribution >= 4 is 17.5 Å². The fourth-order valence-corrected chi connectivity index (χ4v) is 2.32. The van der Waals surface area contributed by atoms with E-state index in [9.17, 15) is 9.59 Å². The highest BCUT2D eigenvalue weighted by atomic mass is 16.5. The molecular formula is C15H21N3O4. The molecule has 2 rings (SSSR count). The Morgan fingerprint density at radius 1 is 1.32 bits per heavy atom. The molecule has 0 bridgehead atoms. The van der Waals surface area contributed by atoms with Gasteiger partial charge in [0.05, 0.1) is 26.8 Å². The van der Waals surface area contributed by atoms with E-state index in [1.807, 2.05) is 4.90 Å². The topological polar surface area (TPSA) is 79.9 Å². The van der Waals surface area contributed by atoms with Crippen LogP contribution in [-0.4, -0.2) is 56.6 Å². The van der Waals surface area contributed by atoms with Gasteiger partial charge in [0.15, 0.2) is 11.5 Å². The van der Waals surface area contributed by atoms with Crippen molar-refractivity contribution in [2.24, 2.45) is 0 Å². The van der Waals surface area contributed by atoms with Gasteiger partial charge in [0.1, 0.15) is 0 Å². The first-order valence-corrected chi connectivity index (χ1v) is 7.08. The van der Waals surface area contributed by atoms with Gasteiger partial charge in [-0.1, -0.05) is 0 Å². The van der Waals surface area contributed by atoms with Crippen LogP contribution in [0.1, 0.15) is 6.92 Å². The third-order valence-electron chi connectivity index (χ3n) is 3.65. The van der Waals surface area contributed by atoms with Gasteiger partial charge in [-0.25, -0.2) is 0 Å². The second-order valence-electron chi connectivity index (χ2n) is 5.06. The summed E-state index contributed by atoms with van der Waals surface area (Å²) in [6.07, 6.45) is 0. The highest BCUT2D eigenvalue weighted by Crippen LogP contribution is 2.29. The van der Waals surface area contributed by atoms with Crippen LogP contribution in [0.25, 0.3) is 0 Å². The van der Waals surface area contributed by atoms with Crippen LogP contribution in [0, 0.1) is 0 Å². The Morgan fingerprint density at radius 2 is 2.05 bits per heavy atom. The highest BCUT2D eigenvalue weighted by Gasteiger charge is 2.26. The van der Waals surface area contributed by atoms with Gasteiger partial charge in [-0.3, -0.25) is 14.5 Å². The maximum Gasteiger partial charge on any atom is 0.241 e. The summed E-state index contributed by atoms with van der Waals surface area (Å²) < 4.78 is 10.4. The number of methoxy groups -OCH3 is 2. The van der Waals surface area contributed by atoms with Crippen molar-refractivity contribution in [2.45, 2.75) is 13.0 Å². The van der Waals surface area contributed by atoms with Crippen molar-refractivity contribution in [2.75, 3.05) is 39.2 Å². The Morgan fingerprint density at radius 3 is 2.68 bits per heavy atom. The van der Waals surface area contributed by atoms with Crippen LogP contribution in [0.15, 0.2) is 18.2 Å². The van der Waals surface area contributed by atoms with E-state index in [4.69, 9.17) is 9.47 Å². The van der Waals surface area contributed by atoms with Gasteiger partial charge in [-0.2, -0.15) is 0 Å². The summed E-state index contributed by atoms with van der Waals surface area (Å²) in [6.45, 7) is 3.24. The number of carbonyl (C=O) groups excluding carboxylic acids is 2. The predicted octanol–water partition coefficient (Wildman–Crippen LogP) is 0.463. The molecule has 1 unspecified atom stereocenters. The highest BCUT2D eigenvalue weighted by molar-refractivity contribution is 5.95. The molecule has 1 aliphatic heterocycles. The lowest BCUT2D eigenvalue weighted by Gasteiger charge is -2.31. The normalized spacial score (nSPS) is 16.6. The summed E-state index contributed by atoms with van der Waals surface area (Å²) in [7, 11) is 3.10. The number of ether oxygens (including phenoxy) is 2. The number of hydrogen-bond donors (Lipinski definition) is 2. The number of carbonyl (C=O) groups is 2. The van der Waals surface area contributed by atoms with Crippen LogP contribution in [-0.2, 0) is 9.59 Å². The maximum absolute atomic E-state index is 12.3. The number of hydrogen-bond acceptors (Lipinski definition) is 5. The van der Waals surface area contributed by atoms with Crippen LogP contribution in [0.2, 0.25) is 0 Å². The second kappa shape index (κ2) is 7.13. The van der Waals surface area contributed by atoms with Gasteiger partial charge < -0.3 is 20.1 Å². The van der Waals surface area contributed by atoms with Crippen molar-refractivity contribution in [1.82, 2.24) is 10.2 Å². The van der Waals surface area contributed by atoms with Crippen molar-refractivity contribution in [3.8, 4) is 11.5 Å². The molecule has 1 aromatic rings. The minimum Gasteiger partial charge on any atom is -0.493 e. The van der Waals surface area contributed by atoms with Crippen LogP contribution in [0.4, 0.5) is 5.69 Å². The zero-order chi connectivity index (χ0) is 16.1. The Labute approximate surface area is 129 Å². The second-order valence-corrected chi connectivity index (χ2v) is 5.06. The third-order valence-corrected chi connectivity index (χ3v) is 3.65. The van der Waals surface area contributed by atoms with E-state index in [-0.39, 0.29) is 24.4 Å². The van der Waals surface area contributed by atoms with E-state index in [1.54, 1.807) is 39.3 Å². The van der Waals surface area contributed by atoms with E-state index in [0.29, 0.717) is 30.3 Å². The van der Waals surface area contributed by atoms with E-state index < -0.39 is 0 Å². The van der Waals surface area contributed by atoms with Gasteiger partial charge in [0, 0.05) is 24.8 Å². The maximum atomic E-state index is 12.3. The van der Waals surface area contributed by atoms with Gasteiger partial charge >= 0.3 is 0 Å². The molecular weight excluding hydrogens is 286 g/mol. The van der Waals surface area contributed by atoms with Gasteiger partial charge in [0.25, 0.3) is 0 Å². The molecule has 0 radical (unpaired) electrons. The Balaban J connectivity index is 2.03. The molecule has 7 heteroatoms.